The second-order valence-electron chi connectivity index (χ2n) is 6.07. The van der Waals surface area contributed by atoms with Gasteiger partial charge in [-0.2, -0.15) is 0 Å². The number of fused-ring (bicyclic) bond motifs is 1. The van der Waals surface area contributed by atoms with Gasteiger partial charge in [0.2, 0.25) is 0 Å². The SMILES string of the molecule is Cc1cccc2nc(-c3cccc(NC(=O)c4cccc(Cl)c4)c3)cn12. The van der Waals surface area contributed by atoms with Crippen molar-refractivity contribution in [3.8, 4) is 11.3 Å². The van der Waals surface area contributed by atoms with Crippen LogP contribution in [0.25, 0.3) is 16.9 Å². The molecule has 0 saturated heterocycles. The fourth-order valence-corrected chi connectivity index (χ4v) is 3.07. The molecule has 0 spiro atoms. The first-order valence-electron chi connectivity index (χ1n) is 8.22. The number of nitrogens with one attached hydrogen (secondary N) is 1. The third kappa shape index (κ3) is 3.19. The van der Waals surface area contributed by atoms with Crippen molar-refractivity contribution in [2.45, 2.75) is 6.92 Å². The summed E-state index contributed by atoms with van der Waals surface area (Å²) in [6.07, 6.45) is 2.00. The van der Waals surface area contributed by atoms with Crippen molar-refractivity contribution < 1.29 is 4.79 Å². The van der Waals surface area contributed by atoms with Crippen molar-refractivity contribution in [3.63, 3.8) is 0 Å². The molecule has 128 valence electrons. The lowest BCUT2D eigenvalue weighted by Crippen LogP contribution is -2.11. The molecule has 2 heterocycles. The molecule has 0 atom stereocenters. The van der Waals surface area contributed by atoms with E-state index >= 15 is 0 Å². The topological polar surface area (TPSA) is 46.4 Å². The zero-order chi connectivity index (χ0) is 18.1. The molecular weight excluding hydrogens is 346 g/mol. The first kappa shape index (κ1) is 16.4. The van der Waals surface area contributed by atoms with Gasteiger partial charge in [-0.1, -0.05) is 35.9 Å². The van der Waals surface area contributed by atoms with Crippen LogP contribution in [0.15, 0.2) is 72.9 Å². The minimum atomic E-state index is -0.199. The first-order chi connectivity index (χ1) is 12.6. The third-order valence-electron chi connectivity index (χ3n) is 4.20. The van der Waals surface area contributed by atoms with Gasteiger partial charge in [-0.15, -0.1) is 0 Å². The van der Waals surface area contributed by atoms with E-state index < -0.39 is 0 Å². The summed E-state index contributed by atoms with van der Waals surface area (Å²) in [5, 5.41) is 3.44. The molecule has 2 aromatic heterocycles. The highest BCUT2D eigenvalue weighted by Gasteiger charge is 2.09. The number of carbonyl (C=O) groups excluding carboxylic acids is 1. The van der Waals surface area contributed by atoms with E-state index in [0.717, 1.165) is 22.6 Å². The van der Waals surface area contributed by atoms with Crippen LogP contribution in [0.2, 0.25) is 5.02 Å². The van der Waals surface area contributed by atoms with Crippen molar-refractivity contribution in [3.05, 3.63) is 89.2 Å². The fourth-order valence-electron chi connectivity index (χ4n) is 2.88. The number of nitrogens with zero attached hydrogens (tertiary/aromatic N) is 2. The quantitative estimate of drug-likeness (QED) is 0.544. The van der Waals surface area contributed by atoms with Crippen molar-refractivity contribution >= 4 is 28.8 Å². The largest absolute Gasteiger partial charge is 0.322 e. The highest BCUT2D eigenvalue weighted by Crippen LogP contribution is 2.23. The maximum absolute atomic E-state index is 12.4. The highest BCUT2D eigenvalue weighted by atomic mass is 35.5. The summed E-state index contributed by atoms with van der Waals surface area (Å²) in [6, 6.07) is 20.5. The number of aryl methyl sites for hydroxylation is 1. The Balaban J connectivity index is 1.64. The number of aromatic nitrogens is 2. The van der Waals surface area contributed by atoms with E-state index in [9.17, 15) is 4.79 Å². The number of halogens is 1. The van der Waals surface area contributed by atoms with Gasteiger partial charge in [0.1, 0.15) is 5.65 Å². The maximum atomic E-state index is 12.4. The number of amides is 1. The molecule has 1 N–H and O–H groups in total. The normalized spacial score (nSPS) is 10.8. The van der Waals surface area contributed by atoms with Crippen LogP contribution in [0.5, 0.6) is 0 Å². The van der Waals surface area contributed by atoms with Crippen molar-refractivity contribution in [2.75, 3.05) is 5.32 Å². The van der Waals surface area contributed by atoms with E-state index in [1.54, 1.807) is 24.3 Å². The maximum Gasteiger partial charge on any atom is 0.255 e. The summed E-state index contributed by atoms with van der Waals surface area (Å²) in [6.45, 7) is 2.04. The predicted octanol–water partition coefficient (Wildman–Crippen LogP) is 5.22. The molecule has 26 heavy (non-hydrogen) atoms. The van der Waals surface area contributed by atoms with Gasteiger partial charge in [-0.3, -0.25) is 4.79 Å². The van der Waals surface area contributed by atoms with Gasteiger partial charge in [0, 0.05) is 33.7 Å². The van der Waals surface area contributed by atoms with E-state index in [-0.39, 0.29) is 5.91 Å². The number of carbonyl (C=O) groups is 1. The van der Waals surface area contributed by atoms with E-state index in [1.807, 2.05) is 60.0 Å². The molecule has 5 heteroatoms. The van der Waals surface area contributed by atoms with E-state index in [1.165, 1.54) is 0 Å². The molecule has 1 amide bonds. The Morgan fingerprint density at radius 2 is 1.85 bits per heavy atom. The average Bonchev–Trinajstić information content (AvgIpc) is 3.08. The van der Waals surface area contributed by atoms with Crippen LogP contribution in [-0.4, -0.2) is 15.3 Å². The summed E-state index contributed by atoms with van der Waals surface area (Å²) in [4.78, 5) is 17.1. The molecule has 0 unspecified atom stereocenters. The Kier molecular flexibility index (Phi) is 4.19. The summed E-state index contributed by atoms with van der Waals surface area (Å²) in [5.41, 5.74) is 5.04. The molecular formula is C21H16ClN3O. The summed E-state index contributed by atoms with van der Waals surface area (Å²) < 4.78 is 2.05. The van der Waals surface area contributed by atoms with Crippen molar-refractivity contribution in [1.29, 1.82) is 0 Å². The molecule has 2 aromatic carbocycles. The Hall–Kier alpha value is -3.11. The number of pyridine rings is 1. The fraction of sp³-hybridized carbons (Fsp3) is 0.0476. The lowest BCUT2D eigenvalue weighted by Gasteiger charge is -2.07. The van der Waals surface area contributed by atoms with E-state index in [0.29, 0.717) is 16.3 Å². The minimum Gasteiger partial charge on any atom is -0.322 e. The number of imidazole rings is 1. The van der Waals surface area contributed by atoms with E-state index in [2.05, 4.69) is 10.3 Å². The summed E-state index contributed by atoms with van der Waals surface area (Å²) >= 11 is 5.96. The smallest absolute Gasteiger partial charge is 0.255 e. The van der Waals surface area contributed by atoms with Gasteiger partial charge in [-0.25, -0.2) is 4.98 Å². The Morgan fingerprint density at radius 1 is 1.04 bits per heavy atom. The Labute approximate surface area is 156 Å². The molecule has 0 radical (unpaired) electrons. The third-order valence-corrected chi connectivity index (χ3v) is 4.43. The van der Waals surface area contributed by atoms with Crippen LogP contribution in [0.1, 0.15) is 16.1 Å². The van der Waals surface area contributed by atoms with Gasteiger partial charge in [-0.05, 0) is 49.4 Å². The summed E-state index contributed by atoms with van der Waals surface area (Å²) in [5.74, 6) is -0.199. The number of hydrogen-bond acceptors (Lipinski definition) is 2. The van der Waals surface area contributed by atoms with Crippen molar-refractivity contribution in [2.24, 2.45) is 0 Å². The van der Waals surface area contributed by atoms with Crippen LogP contribution in [0.4, 0.5) is 5.69 Å². The molecule has 0 aliphatic carbocycles. The Morgan fingerprint density at radius 3 is 2.65 bits per heavy atom. The predicted molar refractivity (Wildman–Crippen MR) is 105 cm³/mol. The monoisotopic (exact) mass is 361 g/mol. The van der Waals surface area contributed by atoms with Crippen LogP contribution in [0.3, 0.4) is 0 Å². The first-order valence-corrected chi connectivity index (χ1v) is 8.60. The molecule has 4 rings (SSSR count). The summed E-state index contributed by atoms with van der Waals surface area (Å²) in [7, 11) is 0. The second kappa shape index (κ2) is 6.65. The molecule has 0 saturated carbocycles. The molecule has 4 aromatic rings. The van der Waals surface area contributed by atoms with E-state index in [4.69, 9.17) is 11.6 Å². The number of benzene rings is 2. The lowest BCUT2D eigenvalue weighted by atomic mass is 10.1. The number of rotatable bonds is 3. The minimum absolute atomic E-state index is 0.199. The molecule has 0 bridgehead atoms. The zero-order valence-corrected chi connectivity index (χ0v) is 14.9. The van der Waals surface area contributed by atoms with Gasteiger partial charge in [0.25, 0.3) is 5.91 Å². The highest BCUT2D eigenvalue weighted by molar-refractivity contribution is 6.31. The molecule has 0 fully saturated rings. The Bertz CT molecular complexity index is 1120. The standard InChI is InChI=1S/C21H16ClN3O/c1-14-5-2-10-20-24-19(13-25(14)20)15-6-4-9-18(12-15)23-21(26)16-7-3-8-17(22)11-16/h2-13H,1H3,(H,23,26). The molecule has 0 aliphatic rings. The lowest BCUT2D eigenvalue weighted by molar-refractivity contribution is 0.102. The zero-order valence-electron chi connectivity index (χ0n) is 14.1. The van der Waals surface area contributed by atoms with Crippen LogP contribution >= 0.6 is 11.6 Å². The van der Waals surface area contributed by atoms with Gasteiger partial charge >= 0.3 is 0 Å². The second-order valence-corrected chi connectivity index (χ2v) is 6.50. The van der Waals surface area contributed by atoms with Gasteiger partial charge in [0.05, 0.1) is 5.69 Å². The van der Waals surface area contributed by atoms with Crippen molar-refractivity contribution in [1.82, 2.24) is 9.38 Å². The van der Waals surface area contributed by atoms with Gasteiger partial charge < -0.3 is 9.72 Å². The molecule has 0 aliphatic heterocycles. The van der Waals surface area contributed by atoms with Gasteiger partial charge in [0.15, 0.2) is 0 Å². The number of anilines is 1. The van der Waals surface area contributed by atoms with Crippen LogP contribution in [0, 0.1) is 6.92 Å². The van der Waals surface area contributed by atoms with Crippen LogP contribution in [-0.2, 0) is 0 Å². The molecule has 4 nitrogen and oxygen atoms in total. The average molecular weight is 362 g/mol. The number of hydrogen-bond donors (Lipinski definition) is 1. The van der Waals surface area contributed by atoms with Crippen LogP contribution < -0.4 is 5.32 Å².